The van der Waals surface area contributed by atoms with E-state index in [-0.39, 0.29) is 6.04 Å². The Balaban J connectivity index is 4.03. The van der Waals surface area contributed by atoms with Crippen molar-refractivity contribution in [2.24, 2.45) is 5.73 Å². The predicted octanol–water partition coefficient (Wildman–Crippen LogP) is -0.108. The molecule has 0 aliphatic rings. The van der Waals surface area contributed by atoms with Crippen LogP contribution in [-0.2, 0) is 9.84 Å². The average Bonchev–Trinajstić information content (AvgIpc) is 1.59. The quantitative estimate of drug-likeness (QED) is 0.596. The minimum atomic E-state index is -2.98. The number of hydrogen-bond donors (Lipinski definition) is 1. The molecule has 0 bridgehead atoms. The molecule has 0 unspecified atom stereocenters. The number of sulfone groups is 1. The van der Waals surface area contributed by atoms with Crippen LogP contribution in [0.4, 0.5) is 0 Å². The SMILES string of the molecule is C[C@H](N)C=CS(C)(=O)=O. The van der Waals surface area contributed by atoms with Crippen molar-refractivity contribution in [3.63, 3.8) is 0 Å². The minimum absolute atomic E-state index is 0.195. The molecule has 0 saturated heterocycles. The standard InChI is InChI=1S/C5H11NO2S/c1-5(6)3-4-9(2,7)8/h3-5H,6H2,1-2H3/t5-/m0/s1. The molecule has 0 aliphatic heterocycles. The molecule has 0 aromatic heterocycles. The summed E-state index contributed by atoms with van der Waals surface area (Å²) in [6.07, 6.45) is 2.57. The number of hydrogen-bond acceptors (Lipinski definition) is 3. The molecule has 9 heavy (non-hydrogen) atoms. The van der Waals surface area contributed by atoms with Gasteiger partial charge < -0.3 is 5.73 Å². The lowest BCUT2D eigenvalue weighted by Crippen LogP contribution is -2.10. The van der Waals surface area contributed by atoms with E-state index < -0.39 is 9.84 Å². The van der Waals surface area contributed by atoms with E-state index in [4.69, 9.17) is 5.73 Å². The zero-order valence-electron chi connectivity index (χ0n) is 5.53. The molecule has 3 nitrogen and oxygen atoms in total. The average molecular weight is 149 g/mol. The Morgan fingerprint density at radius 1 is 1.56 bits per heavy atom. The monoisotopic (exact) mass is 149 g/mol. The van der Waals surface area contributed by atoms with Gasteiger partial charge in [-0.2, -0.15) is 0 Å². The molecule has 0 amide bonds. The summed E-state index contributed by atoms with van der Waals surface area (Å²) in [6.45, 7) is 1.71. The van der Waals surface area contributed by atoms with Crippen molar-refractivity contribution in [2.75, 3.05) is 6.26 Å². The van der Waals surface area contributed by atoms with Crippen LogP contribution in [0.3, 0.4) is 0 Å². The van der Waals surface area contributed by atoms with Gasteiger partial charge >= 0.3 is 0 Å². The zero-order chi connectivity index (χ0) is 7.49. The smallest absolute Gasteiger partial charge is 0.168 e. The van der Waals surface area contributed by atoms with Crippen molar-refractivity contribution >= 4 is 9.84 Å². The highest BCUT2D eigenvalue weighted by Gasteiger charge is 1.92. The molecular formula is C5H11NO2S. The molecule has 0 spiro atoms. The van der Waals surface area contributed by atoms with Crippen LogP contribution in [0, 0.1) is 0 Å². The Morgan fingerprint density at radius 2 is 2.00 bits per heavy atom. The summed E-state index contributed by atoms with van der Waals surface area (Å²) in [7, 11) is -2.98. The van der Waals surface area contributed by atoms with Crippen molar-refractivity contribution in [1.82, 2.24) is 0 Å². The second kappa shape index (κ2) is 2.98. The van der Waals surface area contributed by atoms with Gasteiger partial charge in [0.05, 0.1) is 0 Å². The van der Waals surface area contributed by atoms with Crippen LogP contribution in [0.25, 0.3) is 0 Å². The van der Waals surface area contributed by atoms with Gasteiger partial charge in [-0.25, -0.2) is 8.42 Å². The minimum Gasteiger partial charge on any atom is -0.325 e. The highest BCUT2D eigenvalue weighted by molar-refractivity contribution is 7.93. The first-order chi connectivity index (χ1) is 3.92. The first kappa shape index (κ1) is 8.65. The molecule has 1 atom stereocenters. The van der Waals surface area contributed by atoms with Gasteiger partial charge in [-0.15, -0.1) is 0 Å². The Kier molecular flexibility index (Phi) is 2.87. The molecule has 0 rings (SSSR count). The van der Waals surface area contributed by atoms with Gasteiger partial charge in [0, 0.05) is 17.7 Å². The van der Waals surface area contributed by atoms with Gasteiger partial charge in [0.25, 0.3) is 0 Å². The van der Waals surface area contributed by atoms with Crippen LogP contribution >= 0.6 is 0 Å². The fourth-order valence-electron chi connectivity index (χ4n) is 0.267. The molecule has 4 heteroatoms. The Morgan fingerprint density at radius 3 is 2.11 bits per heavy atom. The number of rotatable bonds is 2. The maximum Gasteiger partial charge on any atom is 0.168 e. The Hall–Kier alpha value is -0.350. The summed E-state index contributed by atoms with van der Waals surface area (Å²) in [5, 5.41) is 1.11. The number of nitrogens with two attached hydrogens (primary N) is 1. The molecular weight excluding hydrogens is 138 g/mol. The van der Waals surface area contributed by atoms with Crippen LogP contribution in [0.15, 0.2) is 11.5 Å². The van der Waals surface area contributed by atoms with Gasteiger partial charge in [-0.05, 0) is 6.92 Å². The van der Waals surface area contributed by atoms with Crippen molar-refractivity contribution in [1.29, 1.82) is 0 Å². The van der Waals surface area contributed by atoms with Crippen LogP contribution in [0.2, 0.25) is 0 Å². The summed E-state index contributed by atoms with van der Waals surface area (Å²) in [5.74, 6) is 0. The third-order valence-corrected chi connectivity index (χ3v) is 1.28. The molecule has 0 heterocycles. The van der Waals surface area contributed by atoms with Gasteiger partial charge in [0.15, 0.2) is 9.84 Å². The molecule has 0 saturated carbocycles. The van der Waals surface area contributed by atoms with Crippen LogP contribution < -0.4 is 5.73 Å². The third-order valence-electron chi connectivity index (χ3n) is 0.629. The van der Waals surface area contributed by atoms with E-state index >= 15 is 0 Å². The maximum absolute atomic E-state index is 10.4. The fraction of sp³-hybridized carbons (Fsp3) is 0.600. The van der Waals surface area contributed by atoms with Gasteiger partial charge in [-0.1, -0.05) is 6.08 Å². The van der Waals surface area contributed by atoms with Gasteiger partial charge in [0.1, 0.15) is 0 Å². The maximum atomic E-state index is 10.4. The van der Waals surface area contributed by atoms with E-state index in [2.05, 4.69) is 0 Å². The Bertz CT molecular complexity index is 191. The lowest BCUT2D eigenvalue weighted by Gasteiger charge is -1.91. The van der Waals surface area contributed by atoms with E-state index in [0.717, 1.165) is 11.7 Å². The van der Waals surface area contributed by atoms with E-state index in [9.17, 15) is 8.42 Å². The van der Waals surface area contributed by atoms with Crippen molar-refractivity contribution in [3.8, 4) is 0 Å². The van der Waals surface area contributed by atoms with Gasteiger partial charge in [0.2, 0.25) is 0 Å². The normalized spacial score (nSPS) is 16.3. The summed E-state index contributed by atoms with van der Waals surface area (Å²) >= 11 is 0. The lowest BCUT2D eigenvalue weighted by molar-refractivity contribution is 0.610. The zero-order valence-corrected chi connectivity index (χ0v) is 6.35. The Labute approximate surface area is 55.5 Å². The summed E-state index contributed by atoms with van der Waals surface area (Å²) in [5.41, 5.74) is 5.25. The van der Waals surface area contributed by atoms with E-state index in [0.29, 0.717) is 0 Å². The summed E-state index contributed by atoms with van der Waals surface area (Å²) in [6, 6.07) is -0.195. The van der Waals surface area contributed by atoms with Crippen LogP contribution in [0.5, 0.6) is 0 Å². The van der Waals surface area contributed by atoms with Crippen LogP contribution in [0.1, 0.15) is 6.92 Å². The van der Waals surface area contributed by atoms with E-state index in [1.54, 1.807) is 6.92 Å². The van der Waals surface area contributed by atoms with E-state index in [1.165, 1.54) is 6.08 Å². The fourth-order valence-corrected chi connectivity index (χ4v) is 0.800. The van der Waals surface area contributed by atoms with E-state index in [1.807, 2.05) is 0 Å². The topological polar surface area (TPSA) is 60.2 Å². The highest BCUT2D eigenvalue weighted by atomic mass is 32.2. The first-order valence-electron chi connectivity index (χ1n) is 2.55. The predicted molar refractivity (Wildman–Crippen MR) is 37.6 cm³/mol. The molecule has 0 aliphatic carbocycles. The van der Waals surface area contributed by atoms with Crippen LogP contribution in [-0.4, -0.2) is 20.7 Å². The molecule has 54 valence electrons. The molecule has 0 aromatic rings. The largest absolute Gasteiger partial charge is 0.325 e. The first-order valence-corrected chi connectivity index (χ1v) is 4.51. The van der Waals surface area contributed by atoms with Crippen molar-refractivity contribution in [3.05, 3.63) is 11.5 Å². The molecule has 0 aromatic carbocycles. The van der Waals surface area contributed by atoms with Crippen molar-refractivity contribution in [2.45, 2.75) is 13.0 Å². The molecule has 0 radical (unpaired) electrons. The lowest BCUT2D eigenvalue weighted by atomic mass is 10.4. The third kappa shape index (κ3) is 7.65. The summed E-state index contributed by atoms with van der Waals surface area (Å²) < 4.78 is 20.8. The second-order valence-corrected chi connectivity index (χ2v) is 3.95. The summed E-state index contributed by atoms with van der Waals surface area (Å²) in [4.78, 5) is 0. The van der Waals surface area contributed by atoms with Gasteiger partial charge in [-0.3, -0.25) is 0 Å². The molecule has 0 fully saturated rings. The second-order valence-electron chi connectivity index (χ2n) is 2.02. The van der Waals surface area contributed by atoms with Crippen molar-refractivity contribution < 1.29 is 8.42 Å². The molecule has 2 N–H and O–H groups in total. The highest BCUT2D eigenvalue weighted by Crippen LogP contribution is 1.86.